The molecule has 11 nitrogen and oxygen atoms in total. The summed E-state index contributed by atoms with van der Waals surface area (Å²) in [5.41, 5.74) is 1.67. The second kappa shape index (κ2) is 14.0. The largest absolute Gasteiger partial charge is 0.478 e. The Morgan fingerprint density at radius 2 is 1.84 bits per heavy atom. The van der Waals surface area contributed by atoms with Crippen LogP contribution in [0.4, 0.5) is 5.82 Å². The maximum absolute atomic E-state index is 13.6. The Labute approximate surface area is 255 Å². The zero-order chi connectivity index (χ0) is 30.4. The molecule has 0 spiro atoms. The second-order valence-electron chi connectivity index (χ2n) is 12.8. The van der Waals surface area contributed by atoms with Crippen LogP contribution in [0.15, 0.2) is 24.4 Å². The fourth-order valence-corrected chi connectivity index (χ4v) is 6.33. The van der Waals surface area contributed by atoms with E-state index in [1.165, 1.54) is 0 Å². The highest BCUT2D eigenvalue weighted by Gasteiger charge is 2.33. The maximum Gasteiger partial charge on any atom is 0.225 e. The molecule has 234 valence electrons. The Kier molecular flexibility index (Phi) is 10.1. The summed E-state index contributed by atoms with van der Waals surface area (Å²) in [5.74, 6) is 3.23. The lowest BCUT2D eigenvalue weighted by atomic mass is 9.80. The van der Waals surface area contributed by atoms with Gasteiger partial charge in [-0.25, -0.2) is 15.0 Å². The third kappa shape index (κ3) is 7.80. The number of hydrogen-bond acceptors (Lipinski definition) is 9. The highest BCUT2D eigenvalue weighted by molar-refractivity contribution is 5.87. The van der Waals surface area contributed by atoms with Gasteiger partial charge in [0.25, 0.3) is 0 Å². The fourth-order valence-electron chi connectivity index (χ4n) is 6.33. The molecule has 0 bridgehead atoms. The number of fused-ring (bicyclic) bond motifs is 1. The van der Waals surface area contributed by atoms with Gasteiger partial charge in [0.1, 0.15) is 11.6 Å². The third-order valence-corrected chi connectivity index (χ3v) is 8.83. The van der Waals surface area contributed by atoms with Gasteiger partial charge in [-0.3, -0.25) is 14.8 Å². The molecular weight excluding hydrogens is 544 g/mol. The standard InChI is InChI=1S/C32H48N8O3/c1-6-43-28-9-7-8-25(34-28)20-27-35-29-26(21-33-37-29)30(36-27)38-14-16-39(17-15-38)31(41)24-12-10-23(11-13-24)22-40(18-19-42-5)32(2,3)4/h7-9,21,23-24H,6,10-20,22H2,1-5H3,(H,33,35,36,37)/t23-,24-. The molecule has 0 radical (unpaired) electrons. The van der Waals surface area contributed by atoms with Crippen LogP contribution in [0.25, 0.3) is 11.0 Å². The van der Waals surface area contributed by atoms with Gasteiger partial charge in [0.15, 0.2) is 5.65 Å². The van der Waals surface area contributed by atoms with Crippen LogP contribution in [0.1, 0.15) is 64.9 Å². The van der Waals surface area contributed by atoms with E-state index >= 15 is 0 Å². The lowest BCUT2D eigenvalue weighted by molar-refractivity contribution is -0.137. The maximum atomic E-state index is 13.6. The van der Waals surface area contributed by atoms with Crippen molar-refractivity contribution in [1.82, 2.24) is 34.9 Å². The van der Waals surface area contributed by atoms with E-state index in [-0.39, 0.29) is 11.5 Å². The first-order valence-electron chi connectivity index (χ1n) is 15.8. The van der Waals surface area contributed by atoms with Gasteiger partial charge in [-0.15, -0.1) is 0 Å². The SMILES string of the molecule is CCOc1cccc(Cc2nc(N3CCN(C(=O)[C@H]4CC[C@H](CN(CCOC)C(C)(C)C)CC4)CC3)c3cn[nH]c3n2)n1. The number of carbonyl (C=O) groups is 1. The van der Waals surface area contributed by atoms with Crippen LogP contribution in [0.5, 0.6) is 5.88 Å². The summed E-state index contributed by atoms with van der Waals surface area (Å²) in [5, 5.41) is 8.15. The molecule has 5 rings (SSSR count). The van der Waals surface area contributed by atoms with E-state index in [9.17, 15) is 4.79 Å². The molecule has 0 aromatic carbocycles. The summed E-state index contributed by atoms with van der Waals surface area (Å²) in [6.07, 6.45) is 6.46. The first-order valence-corrected chi connectivity index (χ1v) is 15.8. The van der Waals surface area contributed by atoms with Gasteiger partial charge < -0.3 is 19.3 Å². The average molecular weight is 593 g/mol. The zero-order valence-corrected chi connectivity index (χ0v) is 26.5. The van der Waals surface area contributed by atoms with Crippen molar-refractivity contribution in [2.75, 3.05) is 64.5 Å². The van der Waals surface area contributed by atoms with Crippen LogP contribution in [-0.2, 0) is 16.0 Å². The van der Waals surface area contributed by atoms with Gasteiger partial charge in [-0.05, 0) is 65.4 Å². The monoisotopic (exact) mass is 592 g/mol. The molecule has 1 saturated heterocycles. The summed E-state index contributed by atoms with van der Waals surface area (Å²) < 4.78 is 10.9. The van der Waals surface area contributed by atoms with Gasteiger partial charge in [0.2, 0.25) is 11.8 Å². The minimum Gasteiger partial charge on any atom is -0.478 e. The van der Waals surface area contributed by atoms with E-state index in [0.29, 0.717) is 55.3 Å². The number of piperazine rings is 1. The zero-order valence-electron chi connectivity index (χ0n) is 26.5. The number of anilines is 1. The van der Waals surface area contributed by atoms with Crippen LogP contribution in [-0.4, -0.2) is 106 Å². The number of aromatic nitrogens is 5. The number of aromatic amines is 1. The number of nitrogens with one attached hydrogen (secondary N) is 1. The molecule has 3 aromatic heterocycles. The number of methoxy groups -OCH3 is 1. The smallest absolute Gasteiger partial charge is 0.225 e. The van der Waals surface area contributed by atoms with Gasteiger partial charge in [-0.2, -0.15) is 5.10 Å². The number of hydrogen-bond donors (Lipinski definition) is 1. The summed E-state index contributed by atoms with van der Waals surface area (Å²) >= 11 is 0. The minimum absolute atomic E-state index is 0.114. The number of rotatable bonds is 11. The van der Waals surface area contributed by atoms with Crippen molar-refractivity contribution >= 4 is 22.8 Å². The quantitative estimate of drug-likeness (QED) is 0.354. The molecule has 0 atom stereocenters. The van der Waals surface area contributed by atoms with E-state index in [1.807, 2.05) is 25.1 Å². The predicted octanol–water partition coefficient (Wildman–Crippen LogP) is 3.94. The van der Waals surface area contributed by atoms with E-state index in [4.69, 9.17) is 19.4 Å². The number of carbonyl (C=O) groups excluding carboxylic acids is 1. The first-order chi connectivity index (χ1) is 20.7. The summed E-state index contributed by atoms with van der Waals surface area (Å²) in [6, 6.07) is 5.76. The van der Waals surface area contributed by atoms with Gasteiger partial charge in [-0.1, -0.05) is 6.07 Å². The molecule has 43 heavy (non-hydrogen) atoms. The second-order valence-corrected chi connectivity index (χ2v) is 12.8. The molecule has 1 N–H and O–H groups in total. The van der Waals surface area contributed by atoms with Crippen molar-refractivity contribution in [3.05, 3.63) is 35.9 Å². The number of ether oxygens (including phenoxy) is 2. The topological polar surface area (TPSA) is 113 Å². The molecule has 2 aliphatic rings. The van der Waals surface area contributed by atoms with E-state index in [0.717, 1.165) is 75.4 Å². The molecule has 11 heteroatoms. The number of amides is 1. The molecular formula is C32H48N8O3. The lowest BCUT2D eigenvalue weighted by Gasteiger charge is -2.41. The van der Waals surface area contributed by atoms with E-state index in [1.54, 1.807) is 13.3 Å². The molecule has 4 heterocycles. The Morgan fingerprint density at radius 3 is 2.53 bits per heavy atom. The van der Waals surface area contributed by atoms with Crippen LogP contribution in [0, 0.1) is 11.8 Å². The summed E-state index contributed by atoms with van der Waals surface area (Å²) in [6.45, 7) is 15.0. The molecule has 1 aliphatic carbocycles. The Morgan fingerprint density at radius 1 is 1.07 bits per heavy atom. The highest BCUT2D eigenvalue weighted by atomic mass is 16.5. The number of nitrogens with zero attached hydrogens (tertiary/aromatic N) is 7. The summed E-state index contributed by atoms with van der Waals surface area (Å²) in [7, 11) is 1.77. The molecule has 1 saturated carbocycles. The van der Waals surface area contributed by atoms with Crippen molar-refractivity contribution in [3.63, 3.8) is 0 Å². The molecule has 0 unspecified atom stereocenters. The molecule has 2 fully saturated rings. The molecule has 1 amide bonds. The van der Waals surface area contributed by atoms with Crippen molar-refractivity contribution in [1.29, 1.82) is 0 Å². The van der Waals surface area contributed by atoms with Crippen molar-refractivity contribution in [2.45, 2.75) is 65.3 Å². The Balaban J connectivity index is 1.17. The van der Waals surface area contributed by atoms with Crippen molar-refractivity contribution in [3.8, 4) is 5.88 Å². The highest BCUT2D eigenvalue weighted by Crippen LogP contribution is 2.33. The minimum atomic E-state index is 0.114. The van der Waals surface area contributed by atoms with Crippen molar-refractivity contribution in [2.24, 2.45) is 11.8 Å². The van der Waals surface area contributed by atoms with Crippen LogP contribution in [0.2, 0.25) is 0 Å². The number of H-pyrrole nitrogens is 1. The van der Waals surface area contributed by atoms with E-state index < -0.39 is 0 Å². The fraction of sp³-hybridized carbons (Fsp3) is 0.656. The Hall–Kier alpha value is -3.31. The van der Waals surface area contributed by atoms with E-state index in [2.05, 4.69) is 50.7 Å². The van der Waals surface area contributed by atoms with Crippen LogP contribution < -0.4 is 9.64 Å². The normalized spacial score (nSPS) is 19.8. The average Bonchev–Trinajstić information content (AvgIpc) is 3.47. The predicted molar refractivity (Wildman–Crippen MR) is 167 cm³/mol. The molecule has 1 aliphatic heterocycles. The molecule has 3 aromatic rings. The number of pyridine rings is 1. The van der Waals surface area contributed by atoms with Gasteiger partial charge in [0.05, 0.1) is 36.9 Å². The van der Waals surface area contributed by atoms with Crippen LogP contribution >= 0.6 is 0 Å². The third-order valence-electron chi connectivity index (χ3n) is 8.83. The van der Waals surface area contributed by atoms with Crippen LogP contribution in [0.3, 0.4) is 0 Å². The summed E-state index contributed by atoms with van der Waals surface area (Å²) in [4.78, 5) is 34.7. The van der Waals surface area contributed by atoms with Gasteiger partial charge in [0, 0.05) is 63.9 Å². The van der Waals surface area contributed by atoms with Gasteiger partial charge >= 0.3 is 0 Å². The first kappa shape index (κ1) is 31.1. The Bertz CT molecular complexity index is 1340. The van der Waals surface area contributed by atoms with Crippen molar-refractivity contribution < 1.29 is 14.3 Å². The lowest BCUT2D eigenvalue weighted by Crippen LogP contribution is -2.51.